The molecule has 9 heteroatoms. The lowest BCUT2D eigenvalue weighted by molar-refractivity contribution is 0.370. The second-order valence-corrected chi connectivity index (χ2v) is 5.88. The van der Waals surface area contributed by atoms with Gasteiger partial charge in [0.15, 0.2) is 5.82 Å². The van der Waals surface area contributed by atoms with Crippen molar-refractivity contribution in [2.45, 2.75) is 13.8 Å². The minimum atomic E-state index is -0.582. The molecule has 0 amide bonds. The van der Waals surface area contributed by atoms with E-state index in [1.807, 2.05) is 6.92 Å². The molecule has 4 aromatic rings. The Morgan fingerprint density at radius 2 is 1.85 bits per heavy atom. The maximum absolute atomic E-state index is 14.8. The number of hydrogen-bond acceptors (Lipinski definition) is 6. The molecule has 0 saturated heterocycles. The Balaban J connectivity index is 2.03. The van der Waals surface area contributed by atoms with E-state index in [-0.39, 0.29) is 11.8 Å². The maximum Gasteiger partial charge on any atom is 0.356 e. The summed E-state index contributed by atoms with van der Waals surface area (Å²) in [6, 6.07) is 3.20. The van der Waals surface area contributed by atoms with E-state index in [9.17, 15) is 9.18 Å². The fraction of sp³-hybridized carbons (Fsp3) is 0.167. The van der Waals surface area contributed by atoms with Gasteiger partial charge in [0.25, 0.3) is 11.8 Å². The zero-order valence-electron chi connectivity index (χ0n) is 14.8. The standard InChI is InChI=1S/C18H15FN6O2/c1-10-13-9-23-25(17-21-6-4-7-22-17)18(26)24(13)11(2)14(10)12-5-8-20-16(27-3)15(12)19/h4-9H,1-3H3. The van der Waals surface area contributed by atoms with Gasteiger partial charge in [-0.25, -0.2) is 24.1 Å². The van der Waals surface area contributed by atoms with E-state index in [4.69, 9.17) is 4.74 Å². The quantitative estimate of drug-likeness (QED) is 0.552. The van der Waals surface area contributed by atoms with Crippen LogP contribution in [-0.2, 0) is 0 Å². The summed E-state index contributed by atoms with van der Waals surface area (Å²) in [5.74, 6) is -0.523. The van der Waals surface area contributed by atoms with E-state index in [0.29, 0.717) is 22.3 Å². The summed E-state index contributed by atoms with van der Waals surface area (Å²) < 4.78 is 22.3. The van der Waals surface area contributed by atoms with Crippen molar-refractivity contribution in [3.8, 4) is 23.0 Å². The number of nitrogens with zero attached hydrogens (tertiary/aromatic N) is 6. The van der Waals surface area contributed by atoms with Crippen LogP contribution in [0.2, 0.25) is 0 Å². The Morgan fingerprint density at radius 1 is 1.11 bits per heavy atom. The van der Waals surface area contributed by atoms with Crippen LogP contribution in [0.3, 0.4) is 0 Å². The van der Waals surface area contributed by atoms with Crippen LogP contribution in [0.25, 0.3) is 22.6 Å². The van der Waals surface area contributed by atoms with Crippen molar-refractivity contribution in [2.24, 2.45) is 0 Å². The molecule has 0 spiro atoms. The minimum absolute atomic E-state index is 0.102. The van der Waals surface area contributed by atoms with Gasteiger partial charge in [-0.1, -0.05) is 0 Å². The molecule has 4 aromatic heterocycles. The van der Waals surface area contributed by atoms with Gasteiger partial charge >= 0.3 is 5.69 Å². The van der Waals surface area contributed by atoms with Gasteiger partial charge in [-0.05, 0) is 31.5 Å². The van der Waals surface area contributed by atoms with Crippen LogP contribution in [0, 0.1) is 19.7 Å². The normalized spacial score (nSPS) is 11.1. The van der Waals surface area contributed by atoms with Gasteiger partial charge in [-0.2, -0.15) is 5.10 Å². The number of methoxy groups -OCH3 is 1. The molecular weight excluding hydrogens is 351 g/mol. The number of halogens is 1. The Hall–Kier alpha value is -3.62. The highest BCUT2D eigenvalue weighted by atomic mass is 19.1. The Kier molecular flexibility index (Phi) is 3.91. The number of rotatable bonds is 3. The van der Waals surface area contributed by atoms with Gasteiger partial charge in [-0.3, -0.25) is 4.40 Å². The van der Waals surface area contributed by atoms with Crippen LogP contribution in [0.4, 0.5) is 4.39 Å². The monoisotopic (exact) mass is 366 g/mol. The van der Waals surface area contributed by atoms with Crippen LogP contribution < -0.4 is 10.4 Å². The number of ether oxygens (including phenoxy) is 1. The predicted molar refractivity (Wildman–Crippen MR) is 95.6 cm³/mol. The van der Waals surface area contributed by atoms with Gasteiger partial charge in [-0.15, -0.1) is 4.68 Å². The van der Waals surface area contributed by atoms with Crippen molar-refractivity contribution in [2.75, 3.05) is 7.11 Å². The minimum Gasteiger partial charge on any atom is -0.479 e. The molecule has 0 aliphatic carbocycles. The van der Waals surface area contributed by atoms with Crippen LogP contribution in [-0.4, -0.2) is 36.2 Å². The van der Waals surface area contributed by atoms with Gasteiger partial charge in [0.1, 0.15) is 0 Å². The summed E-state index contributed by atoms with van der Waals surface area (Å²) in [6.45, 7) is 3.56. The van der Waals surface area contributed by atoms with Crippen LogP contribution in [0.5, 0.6) is 5.88 Å². The Bertz CT molecular complexity index is 1220. The number of aryl methyl sites for hydroxylation is 2. The lowest BCUT2D eigenvalue weighted by Crippen LogP contribution is -2.29. The number of aromatic nitrogens is 6. The van der Waals surface area contributed by atoms with E-state index in [2.05, 4.69) is 20.1 Å². The lowest BCUT2D eigenvalue weighted by atomic mass is 10.0. The summed E-state index contributed by atoms with van der Waals surface area (Å²) in [7, 11) is 1.35. The van der Waals surface area contributed by atoms with Crippen molar-refractivity contribution < 1.29 is 9.13 Å². The number of hydrogen-bond donors (Lipinski definition) is 0. The third-order valence-electron chi connectivity index (χ3n) is 4.43. The van der Waals surface area contributed by atoms with Crippen molar-refractivity contribution >= 4 is 5.52 Å². The van der Waals surface area contributed by atoms with E-state index < -0.39 is 11.5 Å². The highest BCUT2D eigenvalue weighted by Crippen LogP contribution is 2.34. The first-order valence-corrected chi connectivity index (χ1v) is 8.10. The molecule has 0 radical (unpaired) electrons. The highest BCUT2D eigenvalue weighted by Gasteiger charge is 2.22. The molecule has 8 nitrogen and oxygen atoms in total. The molecule has 0 unspecified atom stereocenters. The molecule has 0 atom stereocenters. The molecule has 136 valence electrons. The van der Waals surface area contributed by atoms with Crippen LogP contribution >= 0.6 is 0 Å². The molecular formula is C18H15FN6O2. The smallest absolute Gasteiger partial charge is 0.356 e. The van der Waals surface area contributed by atoms with Crippen molar-refractivity contribution in [1.29, 1.82) is 0 Å². The summed E-state index contributed by atoms with van der Waals surface area (Å²) >= 11 is 0. The molecule has 0 aliphatic rings. The average molecular weight is 366 g/mol. The predicted octanol–water partition coefficient (Wildman–Crippen LogP) is 2.10. The topological polar surface area (TPSA) is 87.2 Å². The van der Waals surface area contributed by atoms with Gasteiger partial charge in [0.2, 0.25) is 0 Å². The molecule has 0 saturated carbocycles. The van der Waals surface area contributed by atoms with Crippen molar-refractivity contribution in [1.82, 2.24) is 29.1 Å². The summed E-state index contributed by atoms with van der Waals surface area (Å²) in [5, 5.41) is 4.17. The van der Waals surface area contributed by atoms with E-state index in [1.165, 1.54) is 30.1 Å². The maximum atomic E-state index is 14.8. The fourth-order valence-electron chi connectivity index (χ4n) is 3.21. The second-order valence-electron chi connectivity index (χ2n) is 5.88. The molecule has 0 aliphatic heterocycles. The van der Waals surface area contributed by atoms with Crippen LogP contribution in [0.15, 0.2) is 41.7 Å². The second kappa shape index (κ2) is 6.27. The molecule has 0 aromatic carbocycles. The highest BCUT2D eigenvalue weighted by molar-refractivity contribution is 5.79. The molecule has 0 bridgehead atoms. The first-order chi connectivity index (χ1) is 13.0. The Labute approximate surface area is 152 Å². The average Bonchev–Trinajstić information content (AvgIpc) is 2.94. The third kappa shape index (κ3) is 2.47. The molecule has 4 rings (SSSR count). The Morgan fingerprint density at radius 3 is 2.56 bits per heavy atom. The summed E-state index contributed by atoms with van der Waals surface area (Å²) in [5.41, 5.74) is 2.35. The van der Waals surface area contributed by atoms with Gasteiger partial charge in [0.05, 0.1) is 18.8 Å². The van der Waals surface area contributed by atoms with Crippen molar-refractivity contribution in [3.05, 3.63) is 64.5 Å². The number of pyridine rings is 1. The first-order valence-electron chi connectivity index (χ1n) is 8.10. The van der Waals surface area contributed by atoms with E-state index in [0.717, 1.165) is 10.2 Å². The zero-order chi connectivity index (χ0) is 19.1. The molecule has 0 fully saturated rings. The molecule has 27 heavy (non-hydrogen) atoms. The molecule has 0 N–H and O–H groups in total. The van der Waals surface area contributed by atoms with Crippen LogP contribution in [0.1, 0.15) is 11.3 Å². The lowest BCUT2D eigenvalue weighted by Gasteiger charge is -2.07. The van der Waals surface area contributed by atoms with E-state index >= 15 is 0 Å². The first kappa shape index (κ1) is 16.8. The number of fused-ring (bicyclic) bond motifs is 1. The summed E-state index contributed by atoms with van der Waals surface area (Å²) in [4.78, 5) is 25.0. The third-order valence-corrected chi connectivity index (χ3v) is 4.43. The van der Waals surface area contributed by atoms with Gasteiger partial charge in [0, 0.05) is 35.4 Å². The molecule has 4 heterocycles. The largest absolute Gasteiger partial charge is 0.479 e. The zero-order valence-corrected chi connectivity index (χ0v) is 14.8. The summed E-state index contributed by atoms with van der Waals surface area (Å²) in [6.07, 6.45) is 6.06. The van der Waals surface area contributed by atoms with E-state index in [1.54, 1.807) is 25.3 Å². The fourth-order valence-corrected chi connectivity index (χ4v) is 3.21. The van der Waals surface area contributed by atoms with Gasteiger partial charge < -0.3 is 4.74 Å². The SMILES string of the molecule is COc1nccc(-c2c(C)c3cnn(-c4ncccn4)c(=O)n3c2C)c1F. The van der Waals surface area contributed by atoms with Crippen molar-refractivity contribution in [3.63, 3.8) is 0 Å².